The first kappa shape index (κ1) is 12.9. The molecule has 3 N–H and O–H groups in total. The number of hydrogen-bond acceptors (Lipinski definition) is 3. The molecule has 0 saturated carbocycles. The number of nitrogens with two attached hydrogens (primary N) is 1. The van der Waals surface area contributed by atoms with E-state index in [1.54, 1.807) is 0 Å². The van der Waals surface area contributed by atoms with Gasteiger partial charge in [0.2, 0.25) is 0 Å². The molecule has 2 unspecified atom stereocenters. The molecular weight excluding hydrogens is 188 g/mol. The number of hydrazine groups is 1. The molecule has 1 fully saturated rings. The van der Waals surface area contributed by atoms with Gasteiger partial charge in [-0.2, -0.15) is 0 Å². The lowest BCUT2D eigenvalue weighted by Crippen LogP contribution is -2.35. The lowest BCUT2D eigenvalue weighted by Gasteiger charge is -2.16. The summed E-state index contributed by atoms with van der Waals surface area (Å²) in [6.45, 7) is 3.19. The number of hydrogen-bond donors (Lipinski definition) is 2. The summed E-state index contributed by atoms with van der Waals surface area (Å²) in [5, 5.41) is 0. The number of unbranched alkanes of at least 4 members (excludes halogenated alkanes) is 1. The van der Waals surface area contributed by atoms with E-state index in [-0.39, 0.29) is 0 Å². The second-order valence-corrected chi connectivity index (χ2v) is 4.57. The van der Waals surface area contributed by atoms with Crippen LogP contribution in [0, 0.1) is 0 Å². The Morgan fingerprint density at radius 2 is 2.20 bits per heavy atom. The maximum absolute atomic E-state index is 5.60. The van der Waals surface area contributed by atoms with Crippen LogP contribution < -0.4 is 11.3 Å². The maximum atomic E-state index is 5.60. The summed E-state index contributed by atoms with van der Waals surface area (Å²) < 4.78 is 5.60. The Hall–Kier alpha value is -0.120. The molecule has 0 radical (unpaired) electrons. The van der Waals surface area contributed by atoms with Crippen LogP contribution in [0.2, 0.25) is 0 Å². The van der Waals surface area contributed by atoms with Crippen molar-refractivity contribution in [3.63, 3.8) is 0 Å². The number of nitrogens with one attached hydrogen (secondary N) is 1. The van der Waals surface area contributed by atoms with Crippen molar-refractivity contribution in [1.82, 2.24) is 5.43 Å². The second kappa shape index (κ2) is 8.08. The fourth-order valence-corrected chi connectivity index (χ4v) is 2.23. The highest BCUT2D eigenvalue weighted by Gasteiger charge is 2.15. The highest BCUT2D eigenvalue weighted by molar-refractivity contribution is 4.68. The molecule has 1 heterocycles. The Balaban J connectivity index is 2.00. The predicted molar refractivity (Wildman–Crippen MR) is 63.5 cm³/mol. The average molecular weight is 214 g/mol. The van der Waals surface area contributed by atoms with E-state index in [2.05, 4.69) is 12.3 Å². The molecule has 1 saturated heterocycles. The van der Waals surface area contributed by atoms with Crippen LogP contribution in [-0.4, -0.2) is 18.8 Å². The van der Waals surface area contributed by atoms with E-state index in [1.165, 1.54) is 51.4 Å². The summed E-state index contributed by atoms with van der Waals surface area (Å²) in [6, 6.07) is 0.506. The van der Waals surface area contributed by atoms with Gasteiger partial charge in [0, 0.05) is 12.6 Å². The van der Waals surface area contributed by atoms with Crippen molar-refractivity contribution in [2.24, 2.45) is 5.84 Å². The first-order valence-corrected chi connectivity index (χ1v) is 6.44. The summed E-state index contributed by atoms with van der Waals surface area (Å²) in [6.07, 6.45) is 10.4. The van der Waals surface area contributed by atoms with E-state index < -0.39 is 0 Å². The van der Waals surface area contributed by atoms with Crippen LogP contribution in [0.3, 0.4) is 0 Å². The predicted octanol–water partition coefficient (Wildman–Crippen LogP) is 2.36. The quantitative estimate of drug-likeness (QED) is 0.481. The van der Waals surface area contributed by atoms with E-state index >= 15 is 0 Å². The van der Waals surface area contributed by atoms with Gasteiger partial charge in [-0.25, -0.2) is 0 Å². The zero-order valence-electron chi connectivity index (χ0n) is 10.0. The molecule has 0 aromatic rings. The molecule has 0 aliphatic carbocycles. The molecule has 90 valence electrons. The minimum Gasteiger partial charge on any atom is -0.378 e. The summed E-state index contributed by atoms with van der Waals surface area (Å²) in [5.74, 6) is 5.53. The van der Waals surface area contributed by atoms with Gasteiger partial charge in [0.15, 0.2) is 0 Å². The molecular formula is C12H26N2O. The Kier molecular flexibility index (Phi) is 6.98. The van der Waals surface area contributed by atoms with Crippen molar-refractivity contribution in [2.45, 2.75) is 70.4 Å². The van der Waals surface area contributed by atoms with Gasteiger partial charge in [-0.3, -0.25) is 11.3 Å². The maximum Gasteiger partial charge on any atom is 0.0576 e. The number of ether oxygens (including phenoxy) is 1. The molecule has 1 rings (SSSR count). The normalized spacial score (nSPS) is 23.2. The van der Waals surface area contributed by atoms with Gasteiger partial charge in [0.05, 0.1) is 6.10 Å². The van der Waals surface area contributed by atoms with E-state index in [0.717, 1.165) is 6.61 Å². The van der Waals surface area contributed by atoms with Crippen LogP contribution in [0.5, 0.6) is 0 Å². The Morgan fingerprint density at radius 1 is 1.40 bits per heavy atom. The Morgan fingerprint density at radius 3 is 2.80 bits per heavy atom. The molecule has 3 heteroatoms. The molecule has 1 aliphatic heterocycles. The SMILES string of the molecule is CCCCC(CCCC1CCCO1)NN. The van der Waals surface area contributed by atoms with Crippen LogP contribution in [0.1, 0.15) is 58.3 Å². The fourth-order valence-electron chi connectivity index (χ4n) is 2.23. The molecule has 0 amide bonds. The third-order valence-corrected chi connectivity index (χ3v) is 3.24. The van der Waals surface area contributed by atoms with Crippen LogP contribution in [-0.2, 0) is 4.74 Å². The first-order valence-electron chi connectivity index (χ1n) is 6.44. The smallest absolute Gasteiger partial charge is 0.0576 e. The highest BCUT2D eigenvalue weighted by atomic mass is 16.5. The molecule has 0 bridgehead atoms. The fraction of sp³-hybridized carbons (Fsp3) is 1.00. The molecule has 0 aromatic carbocycles. The lowest BCUT2D eigenvalue weighted by atomic mass is 10.0. The first-order chi connectivity index (χ1) is 7.36. The summed E-state index contributed by atoms with van der Waals surface area (Å²) >= 11 is 0. The average Bonchev–Trinajstić information content (AvgIpc) is 2.76. The van der Waals surface area contributed by atoms with Gasteiger partial charge >= 0.3 is 0 Å². The van der Waals surface area contributed by atoms with Crippen LogP contribution >= 0.6 is 0 Å². The van der Waals surface area contributed by atoms with Crippen molar-refractivity contribution < 1.29 is 4.74 Å². The van der Waals surface area contributed by atoms with Crippen LogP contribution in [0.4, 0.5) is 0 Å². The molecule has 15 heavy (non-hydrogen) atoms. The summed E-state index contributed by atoms with van der Waals surface area (Å²) in [5.41, 5.74) is 2.92. The third-order valence-electron chi connectivity index (χ3n) is 3.24. The van der Waals surface area contributed by atoms with Gasteiger partial charge in [-0.15, -0.1) is 0 Å². The lowest BCUT2D eigenvalue weighted by molar-refractivity contribution is 0.101. The van der Waals surface area contributed by atoms with Gasteiger partial charge in [0.25, 0.3) is 0 Å². The molecule has 2 atom stereocenters. The topological polar surface area (TPSA) is 47.3 Å². The summed E-state index contributed by atoms with van der Waals surface area (Å²) in [4.78, 5) is 0. The van der Waals surface area contributed by atoms with E-state index in [4.69, 9.17) is 10.6 Å². The van der Waals surface area contributed by atoms with Crippen molar-refractivity contribution in [3.8, 4) is 0 Å². The van der Waals surface area contributed by atoms with Gasteiger partial charge in [0.1, 0.15) is 0 Å². The van der Waals surface area contributed by atoms with Gasteiger partial charge < -0.3 is 4.74 Å². The Labute approximate surface area is 93.7 Å². The van der Waals surface area contributed by atoms with Crippen molar-refractivity contribution >= 4 is 0 Å². The van der Waals surface area contributed by atoms with Crippen molar-refractivity contribution in [2.75, 3.05) is 6.61 Å². The Bertz CT molecular complexity index is 147. The monoisotopic (exact) mass is 214 g/mol. The minimum absolute atomic E-state index is 0.506. The van der Waals surface area contributed by atoms with E-state index in [1.807, 2.05) is 0 Å². The second-order valence-electron chi connectivity index (χ2n) is 4.57. The highest BCUT2D eigenvalue weighted by Crippen LogP contribution is 2.18. The zero-order valence-corrected chi connectivity index (χ0v) is 10.0. The standard InChI is InChI=1S/C12H26N2O/c1-2-3-6-11(14-13)7-4-8-12-9-5-10-15-12/h11-12,14H,2-10,13H2,1H3. The van der Waals surface area contributed by atoms with Crippen LogP contribution in [0.25, 0.3) is 0 Å². The zero-order chi connectivity index (χ0) is 10.9. The number of rotatable bonds is 8. The minimum atomic E-state index is 0.506. The largest absolute Gasteiger partial charge is 0.378 e. The van der Waals surface area contributed by atoms with E-state index in [0.29, 0.717) is 12.1 Å². The van der Waals surface area contributed by atoms with Crippen molar-refractivity contribution in [1.29, 1.82) is 0 Å². The van der Waals surface area contributed by atoms with E-state index in [9.17, 15) is 0 Å². The van der Waals surface area contributed by atoms with Crippen molar-refractivity contribution in [3.05, 3.63) is 0 Å². The molecule has 3 nitrogen and oxygen atoms in total. The third kappa shape index (κ3) is 5.50. The molecule has 1 aliphatic rings. The summed E-state index contributed by atoms with van der Waals surface area (Å²) in [7, 11) is 0. The molecule has 0 spiro atoms. The van der Waals surface area contributed by atoms with Crippen LogP contribution in [0.15, 0.2) is 0 Å². The van der Waals surface area contributed by atoms with Gasteiger partial charge in [-0.1, -0.05) is 19.8 Å². The molecule has 0 aromatic heterocycles. The van der Waals surface area contributed by atoms with Gasteiger partial charge in [-0.05, 0) is 38.5 Å².